The first-order chi connectivity index (χ1) is 13.3. The number of nitrogens with zero attached hydrogens (tertiary/aromatic N) is 2. The lowest BCUT2D eigenvalue weighted by Crippen LogP contribution is -2.53. The summed E-state index contributed by atoms with van der Waals surface area (Å²) in [5.41, 5.74) is 8.10. The third-order valence-electron chi connectivity index (χ3n) is 5.31. The summed E-state index contributed by atoms with van der Waals surface area (Å²) in [6.07, 6.45) is 1.37. The van der Waals surface area contributed by atoms with Crippen LogP contribution >= 0.6 is 12.4 Å². The standard InChI is InChI=1S/C20H27FN4O3.ClH/c1-12-3-5-16(21)18-15(12)11-14(23-19(18)27)4-6-17(26)24-7-9-25(10-8-24)20(28)13(2)22;/h3,5,11,13,19,23,27H,4,6-10,22H2,1-2H3;1H/t13-,19?;/m0./s1. The Morgan fingerprint density at radius 2 is 1.90 bits per heavy atom. The minimum Gasteiger partial charge on any atom is -0.369 e. The van der Waals surface area contributed by atoms with Crippen LogP contribution in [0.25, 0.3) is 6.08 Å². The molecular weight excluding hydrogens is 399 g/mol. The van der Waals surface area contributed by atoms with Crippen molar-refractivity contribution in [2.45, 2.75) is 39.0 Å². The molecule has 0 bridgehead atoms. The van der Waals surface area contributed by atoms with E-state index in [-0.39, 0.29) is 36.2 Å². The normalized spacial score (nSPS) is 19.5. The number of aliphatic hydroxyl groups excluding tert-OH is 1. The summed E-state index contributed by atoms with van der Waals surface area (Å²) >= 11 is 0. The minimum absolute atomic E-state index is 0. The largest absolute Gasteiger partial charge is 0.369 e. The number of nitrogens with two attached hydrogens (primary N) is 1. The van der Waals surface area contributed by atoms with Crippen molar-refractivity contribution in [3.63, 3.8) is 0 Å². The molecular formula is C20H28ClFN4O3. The molecule has 1 aromatic rings. The van der Waals surface area contributed by atoms with Crippen LogP contribution in [0.5, 0.6) is 0 Å². The highest BCUT2D eigenvalue weighted by atomic mass is 35.5. The van der Waals surface area contributed by atoms with Gasteiger partial charge in [0, 0.05) is 43.9 Å². The molecule has 2 aliphatic rings. The van der Waals surface area contributed by atoms with Crippen molar-refractivity contribution < 1.29 is 19.1 Å². The fourth-order valence-corrected chi connectivity index (χ4v) is 3.66. The summed E-state index contributed by atoms with van der Waals surface area (Å²) in [6, 6.07) is 2.49. The average Bonchev–Trinajstić information content (AvgIpc) is 2.68. The van der Waals surface area contributed by atoms with Gasteiger partial charge in [-0.05, 0) is 43.5 Å². The zero-order valence-corrected chi connectivity index (χ0v) is 17.5. The van der Waals surface area contributed by atoms with Crippen LogP contribution in [-0.2, 0) is 9.59 Å². The quantitative estimate of drug-likeness (QED) is 0.673. The highest BCUT2D eigenvalue weighted by Gasteiger charge is 2.27. The number of hydrogen-bond donors (Lipinski definition) is 3. The molecule has 1 aromatic carbocycles. The van der Waals surface area contributed by atoms with E-state index in [1.807, 2.05) is 6.92 Å². The maximum absolute atomic E-state index is 14.0. The van der Waals surface area contributed by atoms with Crippen LogP contribution in [0, 0.1) is 12.7 Å². The number of hydrogen-bond acceptors (Lipinski definition) is 5. The van der Waals surface area contributed by atoms with Crippen molar-refractivity contribution in [2.24, 2.45) is 5.73 Å². The predicted molar refractivity (Wildman–Crippen MR) is 111 cm³/mol. The van der Waals surface area contributed by atoms with E-state index in [1.54, 1.807) is 28.9 Å². The van der Waals surface area contributed by atoms with Gasteiger partial charge in [0.2, 0.25) is 11.8 Å². The Balaban J connectivity index is 0.00000300. The van der Waals surface area contributed by atoms with Gasteiger partial charge in [-0.25, -0.2) is 4.39 Å². The highest BCUT2D eigenvalue weighted by Crippen LogP contribution is 2.30. The number of aryl methyl sites for hydroxylation is 1. The molecule has 7 nitrogen and oxygen atoms in total. The van der Waals surface area contributed by atoms with Gasteiger partial charge in [-0.3, -0.25) is 9.59 Å². The first-order valence-corrected chi connectivity index (χ1v) is 9.54. The van der Waals surface area contributed by atoms with E-state index in [2.05, 4.69) is 5.32 Å². The van der Waals surface area contributed by atoms with Gasteiger partial charge in [-0.1, -0.05) is 6.07 Å². The summed E-state index contributed by atoms with van der Waals surface area (Å²) in [6.45, 7) is 5.46. The molecule has 2 atom stereocenters. The van der Waals surface area contributed by atoms with Crippen LogP contribution in [0.1, 0.15) is 42.7 Å². The molecule has 1 unspecified atom stereocenters. The van der Waals surface area contributed by atoms with E-state index in [9.17, 15) is 19.1 Å². The van der Waals surface area contributed by atoms with Crippen molar-refractivity contribution in [2.75, 3.05) is 26.2 Å². The van der Waals surface area contributed by atoms with Gasteiger partial charge in [0.25, 0.3) is 0 Å². The van der Waals surface area contributed by atoms with Gasteiger partial charge in [-0.15, -0.1) is 12.4 Å². The molecule has 2 amide bonds. The Bertz CT molecular complexity index is 807. The summed E-state index contributed by atoms with van der Waals surface area (Å²) < 4.78 is 14.0. The molecule has 1 saturated heterocycles. The maximum Gasteiger partial charge on any atom is 0.239 e. The Morgan fingerprint density at radius 3 is 2.52 bits per heavy atom. The summed E-state index contributed by atoms with van der Waals surface area (Å²) in [7, 11) is 0. The molecule has 0 aliphatic carbocycles. The number of piperazine rings is 1. The Kier molecular flexibility index (Phi) is 7.62. The first kappa shape index (κ1) is 23.1. The Hall–Kier alpha value is -2.16. The highest BCUT2D eigenvalue weighted by molar-refractivity contribution is 5.85. The van der Waals surface area contributed by atoms with Gasteiger partial charge in [0.1, 0.15) is 5.82 Å². The smallest absolute Gasteiger partial charge is 0.239 e. The summed E-state index contributed by atoms with van der Waals surface area (Å²) in [4.78, 5) is 27.9. The molecule has 0 radical (unpaired) electrons. The van der Waals surface area contributed by atoms with Gasteiger partial charge in [0.05, 0.1) is 6.04 Å². The van der Waals surface area contributed by atoms with E-state index in [1.165, 1.54) is 6.07 Å². The number of benzene rings is 1. The van der Waals surface area contributed by atoms with E-state index in [0.29, 0.717) is 43.9 Å². The van der Waals surface area contributed by atoms with Gasteiger partial charge >= 0.3 is 0 Å². The topological polar surface area (TPSA) is 98.9 Å². The molecule has 160 valence electrons. The molecule has 4 N–H and O–H groups in total. The zero-order chi connectivity index (χ0) is 20.4. The van der Waals surface area contributed by atoms with Crippen LogP contribution in [0.3, 0.4) is 0 Å². The first-order valence-electron chi connectivity index (χ1n) is 9.54. The van der Waals surface area contributed by atoms with Gasteiger partial charge < -0.3 is 26.0 Å². The second-order valence-electron chi connectivity index (χ2n) is 7.40. The second-order valence-corrected chi connectivity index (χ2v) is 7.40. The fraction of sp³-hybridized carbons (Fsp3) is 0.500. The average molecular weight is 427 g/mol. The van der Waals surface area contributed by atoms with Crippen LogP contribution in [0.2, 0.25) is 0 Å². The van der Waals surface area contributed by atoms with E-state index >= 15 is 0 Å². The van der Waals surface area contributed by atoms with Gasteiger partial charge in [-0.2, -0.15) is 0 Å². The lowest BCUT2D eigenvalue weighted by molar-refractivity contribution is -0.140. The number of fused-ring (bicyclic) bond motifs is 1. The number of carbonyl (C=O) groups is 2. The second kappa shape index (κ2) is 9.56. The minimum atomic E-state index is -1.13. The van der Waals surface area contributed by atoms with Crippen LogP contribution < -0.4 is 11.1 Å². The lowest BCUT2D eigenvalue weighted by atomic mass is 9.95. The summed E-state index contributed by atoms with van der Waals surface area (Å²) in [5, 5.41) is 13.1. The Morgan fingerprint density at radius 1 is 1.28 bits per heavy atom. The molecule has 2 heterocycles. The predicted octanol–water partition coefficient (Wildman–Crippen LogP) is 1.29. The monoisotopic (exact) mass is 426 g/mol. The number of allylic oxidation sites excluding steroid dienone is 1. The molecule has 0 spiro atoms. The molecule has 29 heavy (non-hydrogen) atoms. The van der Waals surface area contributed by atoms with Crippen LogP contribution in [-0.4, -0.2) is 58.9 Å². The molecule has 3 rings (SSSR count). The van der Waals surface area contributed by atoms with E-state index in [0.717, 1.165) is 5.56 Å². The van der Waals surface area contributed by atoms with E-state index < -0.39 is 18.1 Å². The lowest BCUT2D eigenvalue weighted by Gasteiger charge is -2.35. The third kappa shape index (κ3) is 5.07. The number of carbonyl (C=O) groups excluding carboxylic acids is 2. The fourth-order valence-electron chi connectivity index (χ4n) is 3.66. The van der Waals surface area contributed by atoms with Crippen molar-refractivity contribution in [3.05, 3.63) is 40.3 Å². The van der Waals surface area contributed by atoms with Crippen molar-refractivity contribution in [3.8, 4) is 0 Å². The van der Waals surface area contributed by atoms with Crippen molar-refractivity contribution >= 4 is 30.3 Å². The van der Waals surface area contributed by atoms with Crippen molar-refractivity contribution in [1.82, 2.24) is 15.1 Å². The SMILES string of the molecule is Cc1ccc(F)c2c1C=C(CCC(=O)N1CCN(C(=O)[C@H](C)N)CC1)NC2O.Cl. The molecule has 0 aromatic heterocycles. The van der Waals surface area contributed by atoms with Gasteiger partial charge in [0.15, 0.2) is 6.23 Å². The van der Waals surface area contributed by atoms with Crippen molar-refractivity contribution in [1.29, 1.82) is 0 Å². The number of halogens is 2. The number of rotatable bonds is 4. The number of aliphatic hydroxyl groups is 1. The zero-order valence-electron chi connectivity index (χ0n) is 16.7. The molecule has 0 saturated carbocycles. The van der Waals surface area contributed by atoms with Crippen LogP contribution in [0.4, 0.5) is 4.39 Å². The number of amides is 2. The number of nitrogens with one attached hydrogen (secondary N) is 1. The molecule has 2 aliphatic heterocycles. The van der Waals surface area contributed by atoms with Crippen LogP contribution in [0.15, 0.2) is 17.8 Å². The molecule has 1 fully saturated rings. The maximum atomic E-state index is 14.0. The molecule has 9 heteroatoms. The summed E-state index contributed by atoms with van der Waals surface area (Å²) in [5.74, 6) is -0.558. The Labute approximate surface area is 176 Å². The van der Waals surface area contributed by atoms with E-state index in [4.69, 9.17) is 5.73 Å². The third-order valence-corrected chi connectivity index (χ3v) is 5.31.